The standard InChI is InChI=1S/C11H7FN2O3.C11H13FN2O.C6H3F2NO2.C5H5NO.CH2O3.2Cs.H2.H/c12-9-7-8(4-5-10(9)14(16)17)13-6-2-1-3-11(13)15;12-9-7-8(4-5-10(9)13)14-6-2-1-3-11(14)15;7-4-1-2-6(9(10)11)5(8)3-4;7-5-3-1-2-4-6-5;2-1-4-3;;;;/h1-7H;4-5,7H,1-3,6,13H2;1-3H;1-4H,(H,6,7);1,3H;;;1H;/q;;;;;2*+1;;-1/p-1. The number of anilines is 2. The number of nitro groups is 2. The Kier molecular flexibility index (Phi) is 26.7. The van der Waals surface area contributed by atoms with Crippen molar-refractivity contribution in [2.45, 2.75) is 19.3 Å². The SMILES string of the molecule is Nc1ccc(N2CCCCC2=O)cc1F.O=CO[O-].O=[N+]([O-])c1ccc(F)cc1F.O=c1cccc[nH]1.O=c1ccccn1-c1ccc([N+](=O)[O-])c(F)c1.[Cs+].[Cs+].[H-].[HH]. The molecule has 56 heavy (non-hydrogen) atoms. The molecule has 0 atom stereocenters. The number of nitrogens with zero attached hydrogens (tertiary/aromatic N) is 4. The molecule has 3 heterocycles. The monoisotopic (exact) mass is 1030 g/mol. The van der Waals surface area contributed by atoms with Crippen LogP contribution in [0.15, 0.2) is 113 Å². The Morgan fingerprint density at radius 1 is 0.786 bits per heavy atom. The maximum atomic E-state index is 13.4. The Bertz CT molecular complexity index is 2170. The number of amides is 1. The number of piperidine rings is 1. The van der Waals surface area contributed by atoms with Gasteiger partial charge in [-0.05, 0) is 55.3 Å². The smallest absolute Gasteiger partial charge is 1.00 e. The van der Waals surface area contributed by atoms with E-state index in [2.05, 4.69) is 9.87 Å². The Morgan fingerprint density at radius 2 is 1.36 bits per heavy atom. The number of carbonyl (C=O) groups is 2. The second kappa shape index (κ2) is 28.3. The summed E-state index contributed by atoms with van der Waals surface area (Å²) in [4.78, 5) is 67.3. The molecule has 0 aliphatic carbocycles. The quantitative estimate of drug-likeness (QED) is 0.0533. The summed E-state index contributed by atoms with van der Waals surface area (Å²) < 4.78 is 52.3. The number of nitrogen functional groups attached to an aromatic ring is 1. The molecule has 16 nitrogen and oxygen atoms in total. The number of nitrogens with two attached hydrogens (primary N) is 1. The number of hydrogen-bond donors (Lipinski definition) is 2. The van der Waals surface area contributed by atoms with Crippen molar-refractivity contribution >= 4 is 35.1 Å². The predicted octanol–water partition coefficient (Wildman–Crippen LogP) is -1.14. The van der Waals surface area contributed by atoms with Gasteiger partial charge in [0.25, 0.3) is 12.0 Å². The van der Waals surface area contributed by atoms with Crippen LogP contribution in [0.1, 0.15) is 22.1 Å². The molecule has 1 aliphatic rings. The number of aromatic amines is 1. The number of carbonyl (C=O) groups excluding carboxylic acids is 2. The van der Waals surface area contributed by atoms with E-state index in [4.69, 9.17) is 15.8 Å². The van der Waals surface area contributed by atoms with Crippen LogP contribution in [0.4, 0.5) is 40.3 Å². The van der Waals surface area contributed by atoms with E-state index in [1.165, 1.54) is 41.1 Å². The minimum absolute atomic E-state index is 0. The molecular weight excluding hydrogens is 994 g/mol. The third-order valence-electron chi connectivity index (χ3n) is 6.67. The van der Waals surface area contributed by atoms with E-state index in [0.717, 1.165) is 37.1 Å². The number of pyridine rings is 2. The number of halogens is 4. The Morgan fingerprint density at radius 3 is 1.82 bits per heavy atom. The Labute approximate surface area is 435 Å². The van der Waals surface area contributed by atoms with Crippen LogP contribution in [0.5, 0.6) is 0 Å². The van der Waals surface area contributed by atoms with E-state index in [1.54, 1.807) is 41.4 Å². The fourth-order valence-electron chi connectivity index (χ4n) is 4.20. The van der Waals surface area contributed by atoms with Crippen molar-refractivity contribution in [1.29, 1.82) is 0 Å². The summed E-state index contributed by atoms with van der Waals surface area (Å²) in [6.45, 7) is 0.488. The predicted molar refractivity (Wildman–Crippen MR) is 186 cm³/mol. The van der Waals surface area contributed by atoms with E-state index in [-0.39, 0.29) is 176 Å². The van der Waals surface area contributed by atoms with Crippen LogP contribution < -0.4 is 165 Å². The van der Waals surface area contributed by atoms with Gasteiger partial charge in [0.15, 0.2) is 0 Å². The molecule has 6 rings (SSSR count). The van der Waals surface area contributed by atoms with Gasteiger partial charge in [-0.15, -0.1) is 0 Å². The molecule has 0 saturated carbocycles. The molecule has 0 bridgehead atoms. The van der Waals surface area contributed by atoms with E-state index in [1.807, 2.05) is 0 Å². The molecule has 3 aromatic carbocycles. The molecular formula is C34H32Cs2F4N6O10. The first kappa shape index (κ1) is 52.9. The van der Waals surface area contributed by atoms with Gasteiger partial charge in [0.1, 0.15) is 11.6 Å². The van der Waals surface area contributed by atoms with Crippen molar-refractivity contribution in [3.05, 3.63) is 168 Å². The van der Waals surface area contributed by atoms with Crippen LogP contribution in [0.25, 0.3) is 5.69 Å². The fraction of sp³-hybridized carbons (Fsp3) is 0.118. The molecule has 1 fully saturated rings. The summed E-state index contributed by atoms with van der Waals surface area (Å²) in [5, 5.41) is 28.8. The number of nitrogens with one attached hydrogen (secondary N) is 1. The molecule has 22 heteroatoms. The number of hydrogen-bond acceptors (Lipinski definition) is 11. The fourth-order valence-corrected chi connectivity index (χ4v) is 4.20. The molecule has 1 saturated heterocycles. The molecule has 5 aromatic rings. The van der Waals surface area contributed by atoms with Gasteiger partial charge in [-0.3, -0.25) is 44.0 Å². The summed E-state index contributed by atoms with van der Waals surface area (Å²) in [6, 6.07) is 19.3. The molecule has 288 valence electrons. The minimum Gasteiger partial charge on any atom is -1.00 e. The average Bonchev–Trinajstić information content (AvgIpc) is 3.14. The van der Waals surface area contributed by atoms with Crippen molar-refractivity contribution in [3.63, 3.8) is 0 Å². The molecule has 0 spiro atoms. The second-order valence-corrected chi connectivity index (χ2v) is 10.3. The zero-order valence-corrected chi connectivity index (χ0v) is 42.2. The van der Waals surface area contributed by atoms with E-state index >= 15 is 0 Å². The van der Waals surface area contributed by atoms with Crippen molar-refractivity contribution in [2.75, 3.05) is 17.2 Å². The summed E-state index contributed by atoms with van der Waals surface area (Å²) >= 11 is 0. The third-order valence-corrected chi connectivity index (χ3v) is 6.67. The number of aromatic nitrogens is 2. The van der Waals surface area contributed by atoms with Crippen molar-refractivity contribution < 1.29 is 188 Å². The van der Waals surface area contributed by atoms with Crippen molar-refractivity contribution in [2.24, 2.45) is 0 Å². The maximum Gasteiger partial charge on any atom is 1.00 e. The Balaban J connectivity index is -0.000000681. The summed E-state index contributed by atoms with van der Waals surface area (Å²) in [7, 11) is 0. The number of rotatable bonds is 5. The van der Waals surface area contributed by atoms with Gasteiger partial charge in [0.05, 0.1) is 21.2 Å². The van der Waals surface area contributed by atoms with Crippen LogP contribution >= 0.6 is 0 Å². The van der Waals surface area contributed by atoms with Gasteiger partial charge < -0.3 is 27.2 Å². The first-order valence-corrected chi connectivity index (χ1v) is 15.1. The van der Waals surface area contributed by atoms with E-state index in [9.17, 15) is 52.2 Å². The van der Waals surface area contributed by atoms with E-state index in [0.29, 0.717) is 24.7 Å². The summed E-state index contributed by atoms with van der Waals surface area (Å²) in [6.07, 6.45) is 5.50. The summed E-state index contributed by atoms with van der Waals surface area (Å²) in [5.41, 5.74) is 4.63. The zero-order chi connectivity index (χ0) is 40.2. The topological polar surface area (TPSA) is 237 Å². The number of benzene rings is 3. The van der Waals surface area contributed by atoms with Crippen LogP contribution in [0, 0.1) is 43.5 Å². The molecule has 1 aliphatic heterocycles. The molecule has 3 N–H and O–H groups in total. The summed E-state index contributed by atoms with van der Waals surface area (Å²) in [5.74, 6) is -3.36. The number of H-pyrrole nitrogens is 1. The van der Waals surface area contributed by atoms with Gasteiger partial charge in [0, 0.05) is 68.9 Å². The van der Waals surface area contributed by atoms with E-state index < -0.39 is 44.5 Å². The molecule has 2 aromatic heterocycles. The van der Waals surface area contributed by atoms with Gasteiger partial charge in [-0.25, -0.2) is 8.78 Å². The number of nitro benzene ring substituents is 2. The minimum atomic E-state index is -1.16. The van der Waals surface area contributed by atoms with Gasteiger partial charge in [-0.2, -0.15) is 8.78 Å². The van der Waals surface area contributed by atoms with Crippen molar-refractivity contribution in [1.82, 2.24) is 9.55 Å². The second-order valence-electron chi connectivity index (χ2n) is 10.3. The van der Waals surface area contributed by atoms with Crippen LogP contribution in [0.2, 0.25) is 0 Å². The first-order chi connectivity index (χ1) is 25.7. The zero-order valence-electron chi connectivity index (χ0n) is 30.7. The third kappa shape index (κ3) is 18.4. The van der Waals surface area contributed by atoms with Gasteiger partial charge in [-0.1, -0.05) is 12.1 Å². The van der Waals surface area contributed by atoms with Gasteiger partial charge >= 0.3 is 149 Å². The maximum absolute atomic E-state index is 13.4. The molecule has 0 radical (unpaired) electrons. The first-order valence-electron chi connectivity index (χ1n) is 15.1. The Hall–Kier alpha value is -3.12. The largest absolute Gasteiger partial charge is 1.00 e. The molecule has 1 amide bonds. The average molecular weight is 1030 g/mol. The van der Waals surface area contributed by atoms with Crippen LogP contribution in [0.3, 0.4) is 0 Å². The van der Waals surface area contributed by atoms with Gasteiger partial charge in [0.2, 0.25) is 23.1 Å². The normalized spacial score (nSPS) is 10.9. The van der Waals surface area contributed by atoms with Crippen molar-refractivity contribution in [3.8, 4) is 5.69 Å². The van der Waals surface area contributed by atoms with Crippen LogP contribution in [-0.4, -0.2) is 38.3 Å². The molecule has 0 unspecified atom stereocenters. The van der Waals surface area contributed by atoms with Crippen LogP contribution in [-0.2, 0) is 14.5 Å².